The number of hydrogen-bond acceptors (Lipinski definition) is 7. The molecule has 0 spiro atoms. The van der Waals surface area contributed by atoms with Gasteiger partial charge in [0.25, 0.3) is 11.1 Å². The number of methoxy groups -OCH3 is 3. The maximum Gasteiger partial charge on any atom is 0.328 e. The van der Waals surface area contributed by atoms with Crippen LogP contribution in [0.3, 0.4) is 0 Å². The van der Waals surface area contributed by atoms with Gasteiger partial charge in [-0.05, 0) is 58.4 Å². The molecule has 1 aliphatic heterocycles. The van der Waals surface area contributed by atoms with E-state index in [9.17, 15) is 14.4 Å². The topological polar surface area (TPSA) is 82.1 Å². The van der Waals surface area contributed by atoms with Gasteiger partial charge in [0.05, 0.1) is 30.7 Å². The third-order valence-corrected chi connectivity index (χ3v) is 4.98. The second-order valence-electron chi connectivity index (χ2n) is 4.99. The van der Waals surface area contributed by atoms with Gasteiger partial charge in [0, 0.05) is 0 Å². The van der Waals surface area contributed by atoms with Gasteiger partial charge in [-0.25, -0.2) is 4.79 Å². The molecule has 25 heavy (non-hydrogen) atoms. The molecule has 0 aliphatic carbocycles. The minimum atomic E-state index is -0.986. The SMILES string of the molecule is COC(=O)[C@@H](C)N1C(=O)S/C(=C/c2cc(Br)c(OC)c(OC)c2)C1=O. The highest BCUT2D eigenvalue weighted by Gasteiger charge is 2.41. The molecule has 2 amide bonds. The molecular weight excluding hydrogens is 414 g/mol. The number of carbonyl (C=O) groups excluding carboxylic acids is 3. The van der Waals surface area contributed by atoms with E-state index in [0.717, 1.165) is 16.7 Å². The van der Waals surface area contributed by atoms with Gasteiger partial charge in [-0.1, -0.05) is 0 Å². The summed E-state index contributed by atoms with van der Waals surface area (Å²) in [6, 6.07) is 2.43. The van der Waals surface area contributed by atoms with Crippen LogP contribution < -0.4 is 9.47 Å². The second-order valence-corrected chi connectivity index (χ2v) is 6.84. The number of rotatable bonds is 5. The highest BCUT2D eigenvalue weighted by Crippen LogP contribution is 2.39. The fourth-order valence-electron chi connectivity index (χ4n) is 2.26. The van der Waals surface area contributed by atoms with Gasteiger partial charge in [-0.15, -0.1) is 0 Å². The summed E-state index contributed by atoms with van der Waals surface area (Å²) < 4.78 is 15.7. The number of amides is 2. The molecule has 0 radical (unpaired) electrons. The van der Waals surface area contributed by atoms with Gasteiger partial charge >= 0.3 is 5.97 Å². The van der Waals surface area contributed by atoms with Gasteiger partial charge in [-0.3, -0.25) is 14.5 Å². The molecule has 0 bridgehead atoms. The number of thioether (sulfide) groups is 1. The minimum absolute atomic E-state index is 0.208. The standard InChI is InChI=1S/C16H16BrNO6S/c1-8(15(20)24-4)18-14(19)12(25-16(18)21)7-9-5-10(17)13(23-3)11(6-9)22-2/h5-8H,1-4H3/b12-7+/t8-/m1/s1. The smallest absolute Gasteiger partial charge is 0.328 e. The Morgan fingerprint density at radius 2 is 1.92 bits per heavy atom. The van der Waals surface area contributed by atoms with Gasteiger partial charge in [0.15, 0.2) is 11.5 Å². The molecular formula is C16H16BrNO6S. The zero-order valence-corrected chi connectivity index (χ0v) is 16.4. The van der Waals surface area contributed by atoms with Gasteiger partial charge < -0.3 is 14.2 Å². The Bertz CT molecular complexity index is 763. The van der Waals surface area contributed by atoms with Crippen molar-refractivity contribution < 1.29 is 28.6 Å². The number of benzene rings is 1. The number of carbonyl (C=O) groups is 3. The summed E-state index contributed by atoms with van der Waals surface area (Å²) in [5, 5.41) is -0.520. The van der Waals surface area contributed by atoms with Gasteiger partial charge in [0.1, 0.15) is 6.04 Å². The monoisotopic (exact) mass is 429 g/mol. The molecule has 1 aromatic rings. The normalized spacial score (nSPS) is 17.0. The average molecular weight is 430 g/mol. The first-order chi connectivity index (χ1) is 11.8. The van der Waals surface area contributed by atoms with Crippen LogP contribution in [0.1, 0.15) is 12.5 Å². The molecule has 0 unspecified atom stereocenters. The van der Waals surface area contributed by atoms with Crippen molar-refractivity contribution in [3.05, 3.63) is 27.1 Å². The molecule has 1 aliphatic rings. The Morgan fingerprint density at radius 1 is 1.24 bits per heavy atom. The highest BCUT2D eigenvalue weighted by atomic mass is 79.9. The van der Waals surface area contributed by atoms with Crippen LogP contribution in [0.4, 0.5) is 4.79 Å². The molecule has 1 aromatic carbocycles. The predicted octanol–water partition coefficient (Wildman–Crippen LogP) is 3.06. The Kier molecular flexibility index (Phi) is 6.12. The largest absolute Gasteiger partial charge is 0.493 e. The second kappa shape index (κ2) is 7.92. The van der Waals surface area contributed by atoms with Gasteiger partial charge in [0.2, 0.25) is 0 Å². The summed E-state index contributed by atoms with van der Waals surface area (Å²) in [6.45, 7) is 1.44. The number of esters is 1. The zero-order valence-electron chi connectivity index (χ0n) is 14.0. The number of halogens is 1. The van der Waals surface area contributed by atoms with E-state index in [0.29, 0.717) is 21.5 Å². The Hall–Kier alpha value is -2.00. The number of imide groups is 1. The fourth-order valence-corrected chi connectivity index (χ4v) is 3.79. The molecule has 1 saturated heterocycles. The maximum atomic E-state index is 12.5. The molecule has 1 heterocycles. The molecule has 9 heteroatoms. The number of hydrogen-bond donors (Lipinski definition) is 0. The molecule has 1 fully saturated rings. The van der Waals surface area contributed by atoms with E-state index < -0.39 is 23.2 Å². The van der Waals surface area contributed by atoms with E-state index in [4.69, 9.17) is 9.47 Å². The average Bonchev–Trinajstić information content (AvgIpc) is 2.86. The van der Waals surface area contributed by atoms with E-state index in [1.807, 2.05) is 0 Å². The number of ether oxygens (including phenoxy) is 3. The maximum absolute atomic E-state index is 12.5. The van der Waals surface area contributed by atoms with E-state index >= 15 is 0 Å². The van der Waals surface area contributed by atoms with Crippen LogP contribution in [0.2, 0.25) is 0 Å². The molecule has 0 N–H and O–H groups in total. The Balaban J connectivity index is 2.37. The fraction of sp³-hybridized carbons (Fsp3) is 0.312. The third-order valence-electron chi connectivity index (χ3n) is 3.51. The van der Waals surface area contributed by atoms with Crippen molar-refractivity contribution in [2.75, 3.05) is 21.3 Å². The Morgan fingerprint density at radius 3 is 2.48 bits per heavy atom. The summed E-state index contributed by atoms with van der Waals surface area (Å²) in [6.07, 6.45) is 1.56. The van der Waals surface area contributed by atoms with E-state index in [1.54, 1.807) is 18.2 Å². The van der Waals surface area contributed by atoms with E-state index in [2.05, 4.69) is 20.7 Å². The Labute approximate surface area is 157 Å². The van der Waals surface area contributed by atoms with Crippen LogP contribution >= 0.6 is 27.7 Å². The summed E-state index contributed by atoms with van der Waals surface area (Å²) in [4.78, 5) is 37.3. The van der Waals surface area contributed by atoms with Crippen LogP contribution in [0.5, 0.6) is 11.5 Å². The molecule has 2 rings (SSSR count). The summed E-state index contributed by atoms with van der Waals surface area (Å²) in [5.74, 6) is -0.200. The first-order valence-corrected chi connectivity index (χ1v) is 8.71. The minimum Gasteiger partial charge on any atom is -0.493 e. The molecule has 7 nitrogen and oxygen atoms in total. The molecule has 134 valence electrons. The van der Waals surface area contributed by atoms with Crippen molar-refractivity contribution in [1.82, 2.24) is 4.90 Å². The van der Waals surface area contributed by atoms with Crippen molar-refractivity contribution >= 4 is 50.9 Å². The highest BCUT2D eigenvalue weighted by molar-refractivity contribution is 9.10. The lowest BCUT2D eigenvalue weighted by Gasteiger charge is -2.18. The van der Waals surface area contributed by atoms with Crippen LogP contribution in [-0.2, 0) is 14.3 Å². The van der Waals surface area contributed by atoms with Crippen LogP contribution in [0, 0.1) is 0 Å². The quantitative estimate of drug-likeness (QED) is 0.525. The van der Waals surface area contributed by atoms with Crippen molar-refractivity contribution in [1.29, 1.82) is 0 Å². The first kappa shape index (κ1) is 19.3. The van der Waals surface area contributed by atoms with Gasteiger partial charge in [-0.2, -0.15) is 0 Å². The predicted molar refractivity (Wildman–Crippen MR) is 96.5 cm³/mol. The van der Waals surface area contributed by atoms with Crippen LogP contribution in [0.25, 0.3) is 6.08 Å². The van der Waals surface area contributed by atoms with Crippen LogP contribution in [-0.4, -0.2) is 49.4 Å². The summed E-state index contributed by atoms with van der Waals surface area (Å²) in [5.41, 5.74) is 0.640. The van der Waals surface area contributed by atoms with Crippen molar-refractivity contribution in [3.8, 4) is 11.5 Å². The first-order valence-electron chi connectivity index (χ1n) is 7.10. The zero-order chi connectivity index (χ0) is 18.7. The molecule has 0 aromatic heterocycles. The summed E-state index contributed by atoms with van der Waals surface area (Å²) in [7, 11) is 4.22. The third kappa shape index (κ3) is 3.82. The number of nitrogens with zero attached hydrogens (tertiary/aromatic N) is 1. The lowest BCUT2D eigenvalue weighted by atomic mass is 10.1. The molecule has 1 atom stereocenters. The van der Waals surface area contributed by atoms with E-state index in [-0.39, 0.29) is 4.91 Å². The lowest BCUT2D eigenvalue weighted by molar-refractivity contribution is -0.148. The van der Waals surface area contributed by atoms with Crippen LogP contribution in [0.15, 0.2) is 21.5 Å². The summed E-state index contributed by atoms with van der Waals surface area (Å²) >= 11 is 4.14. The lowest BCUT2D eigenvalue weighted by Crippen LogP contribution is -2.42. The molecule has 0 saturated carbocycles. The van der Waals surface area contributed by atoms with Crippen molar-refractivity contribution in [2.24, 2.45) is 0 Å². The van der Waals surface area contributed by atoms with Crippen molar-refractivity contribution in [2.45, 2.75) is 13.0 Å². The van der Waals surface area contributed by atoms with E-state index in [1.165, 1.54) is 28.3 Å². The van der Waals surface area contributed by atoms with Crippen molar-refractivity contribution in [3.63, 3.8) is 0 Å².